The number of hydrogen-bond acceptors (Lipinski definition) is 2. The maximum atomic E-state index is 15.3. The van der Waals surface area contributed by atoms with Gasteiger partial charge in [0, 0.05) is 37.1 Å². The molecule has 1 aliphatic rings. The number of benzene rings is 1. The number of pyridine rings is 1. The Hall–Kier alpha value is -2.64. The van der Waals surface area contributed by atoms with Crippen molar-refractivity contribution in [1.82, 2.24) is 14.1 Å². The van der Waals surface area contributed by atoms with Crippen molar-refractivity contribution in [2.24, 2.45) is 12.5 Å². The van der Waals surface area contributed by atoms with E-state index in [4.69, 9.17) is 0 Å². The minimum atomic E-state index is -4.64. The molecule has 0 atom stereocenters. The van der Waals surface area contributed by atoms with Crippen LogP contribution in [0.5, 0.6) is 0 Å². The maximum absolute atomic E-state index is 15.3. The summed E-state index contributed by atoms with van der Waals surface area (Å²) in [6.07, 6.45) is -0.654. The molecule has 0 N–H and O–H groups in total. The van der Waals surface area contributed by atoms with Crippen LogP contribution < -0.4 is 5.69 Å². The second kappa shape index (κ2) is 5.68. The highest BCUT2D eigenvalue weighted by atomic mass is 19.4. The van der Waals surface area contributed by atoms with Crippen LogP contribution in [0, 0.1) is 11.2 Å². The molecule has 0 radical (unpaired) electrons. The Morgan fingerprint density at radius 1 is 1.19 bits per heavy atom. The minimum absolute atomic E-state index is 0.00118. The van der Waals surface area contributed by atoms with Gasteiger partial charge in [-0.15, -0.1) is 0 Å². The summed E-state index contributed by atoms with van der Waals surface area (Å²) in [5.74, 6) is -0.856. The molecule has 3 aromatic rings. The number of aromatic nitrogens is 3. The highest BCUT2D eigenvalue weighted by Crippen LogP contribution is 2.46. The summed E-state index contributed by atoms with van der Waals surface area (Å²) in [5.41, 5.74) is -1.53. The van der Waals surface area contributed by atoms with Gasteiger partial charge in [0.25, 0.3) is 0 Å². The number of imidazole rings is 1. The molecule has 2 heterocycles. The van der Waals surface area contributed by atoms with E-state index in [2.05, 4.69) is 4.98 Å². The average molecular weight is 379 g/mol. The zero-order valence-electron chi connectivity index (χ0n) is 14.8. The summed E-state index contributed by atoms with van der Waals surface area (Å²) < 4.78 is 57.8. The van der Waals surface area contributed by atoms with Gasteiger partial charge in [-0.1, -0.05) is 6.92 Å². The molecule has 0 aliphatic heterocycles. The molecule has 1 aliphatic carbocycles. The van der Waals surface area contributed by atoms with Crippen LogP contribution in [0.2, 0.25) is 0 Å². The van der Waals surface area contributed by atoms with E-state index in [9.17, 15) is 18.0 Å². The van der Waals surface area contributed by atoms with E-state index < -0.39 is 17.6 Å². The van der Waals surface area contributed by atoms with Crippen LogP contribution in [0.15, 0.2) is 35.4 Å². The molecule has 1 saturated carbocycles. The summed E-state index contributed by atoms with van der Waals surface area (Å²) >= 11 is 0. The molecular weight excluding hydrogens is 362 g/mol. The first-order valence-corrected chi connectivity index (χ1v) is 8.52. The third-order valence-corrected chi connectivity index (χ3v) is 5.30. The van der Waals surface area contributed by atoms with Crippen LogP contribution in [0.4, 0.5) is 17.6 Å². The van der Waals surface area contributed by atoms with Gasteiger partial charge < -0.3 is 0 Å². The van der Waals surface area contributed by atoms with E-state index in [0.29, 0.717) is 12.1 Å². The lowest BCUT2D eigenvalue weighted by atomic mass is 10.0. The number of rotatable bonds is 3. The fraction of sp³-hybridized carbons (Fsp3) is 0.368. The SMILES string of the molecule is Cn1c(=O)n(CC2(C)CC2)c2ccc(-c3cnccc3C(F)(F)F)c(F)c21. The van der Waals surface area contributed by atoms with Crippen molar-refractivity contribution in [2.45, 2.75) is 32.5 Å². The predicted molar refractivity (Wildman–Crippen MR) is 92.7 cm³/mol. The molecule has 0 unspecified atom stereocenters. The van der Waals surface area contributed by atoms with Gasteiger partial charge in [0.05, 0.1) is 11.1 Å². The molecule has 0 amide bonds. The normalized spacial score (nSPS) is 16.1. The Balaban J connectivity index is 1.95. The van der Waals surface area contributed by atoms with Crippen molar-refractivity contribution >= 4 is 11.0 Å². The van der Waals surface area contributed by atoms with Crippen LogP contribution in [-0.4, -0.2) is 14.1 Å². The van der Waals surface area contributed by atoms with Crippen molar-refractivity contribution in [3.8, 4) is 11.1 Å². The van der Waals surface area contributed by atoms with Crippen molar-refractivity contribution in [1.29, 1.82) is 0 Å². The quantitative estimate of drug-likeness (QED) is 0.635. The molecule has 4 rings (SSSR count). The number of fused-ring (bicyclic) bond motifs is 1. The lowest BCUT2D eigenvalue weighted by molar-refractivity contribution is -0.137. The summed E-state index contributed by atoms with van der Waals surface area (Å²) in [7, 11) is 1.43. The van der Waals surface area contributed by atoms with E-state index >= 15 is 4.39 Å². The molecule has 0 bridgehead atoms. The number of halogens is 4. The smallest absolute Gasteiger partial charge is 0.292 e. The van der Waals surface area contributed by atoms with Gasteiger partial charge in [-0.2, -0.15) is 13.2 Å². The molecule has 4 nitrogen and oxygen atoms in total. The van der Waals surface area contributed by atoms with Crippen LogP contribution in [0.25, 0.3) is 22.2 Å². The first-order chi connectivity index (χ1) is 12.6. The number of hydrogen-bond donors (Lipinski definition) is 0. The standard InChI is InChI=1S/C19H17F4N3O/c1-18(6-7-18)10-26-14-4-3-11(15(20)16(14)25(2)17(26)27)12-9-24-8-5-13(12)19(21,22)23/h3-5,8-9H,6-7,10H2,1-2H3. The van der Waals surface area contributed by atoms with Crippen LogP contribution in [0.3, 0.4) is 0 Å². The monoisotopic (exact) mass is 379 g/mol. The summed E-state index contributed by atoms with van der Waals surface area (Å²) in [4.78, 5) is 16.3. The van der Waals surface area contributed by atoms with Crippen LogP contribution in [-0.2, 0) is 19.8 Å². The summed E-state index contributed by atoms with van der Waals surface area (Å²) in [6, 6.07) is 3.61. The average Bonchev–Trinajstić information content (AvgIpc) is 3.29. The Labute approximate surface area is 152 Å². The van der Waals surface area contributed by atoms with E-state index in [0.717, 1.165) is 35.9 Å². The third kappa shape index (κ3) is 2.83. The third-order valence-electron chi connectivity index (χ3n) is 5.30. The van der Waals surface area contributed by atoms with Gasteiger partial charge in [-0.05, 0) is 36.5 Å². The first kappa shape index (κ1) is 17.8. The molecule has 27 heavy (non-hydrogen) atoms. The van der Waals surface area contributed by atoms with Crippen molar-refractivity contribution in [2.75, 3.05) is 0 Å². The van der Waals surface area contributed by atoms with Gasteiger partial charge >= 0.3 is 11.9 Å². The van der Waals surface area contributed by atoms with E-state index in [-0.39, 0.29) is 27.7 Å². The molecule has 8 heteroatoms. The van der Waals surface area contributed by atoms with Gasteiger partial charge in [0.2, 0.25) is 0 Å². The van der Waals surface area contributed by atoms with Gasteiger partial charge in [-0.25, -0.2) is 9.18 Å². The zero-order valence-corrected chi connectivity index (χ0v) is 14.8. The Bertz CT molecular complexity index is 1110. The van der Waals surface area contributed by atoms with Crippen LogP contribution >= 0.6 is 0 Å². The van der Waals surface area contributed by atoms with E-state index in [1.165, 1.54) is 23.7 Å². The molecule has 0 spiro atoms. The first-order valence-electron chi connectivity index (χ1n) is 8.52. The van der Waals surface area contributed by atoms with Gasteiger partial charge in [0.15, 0.2) is 5.82 Å². The van der Waals surface area contributed by atoms with Gasteiger partial charge in [0.1, 0.15) is 5.52 Å². The second-order valence-electron chi connectivity index (χ2n) is 7.45. The van der Waals surface area contributed by atoms with Crippen molar-refractivity contribution < 1.29 is 17.6 Å². The van der Waals surface area contributed by atoms with Crippen LogP contribution in [0.1, 0.15) is 25.3 Å². The summed E-state index contributed by atoms with van der Waals surface area (Å²) in [5, 5.41) is 0. The molecular formula is C19H17F4N3O. The fourth-order valence-corrected chi connectivity index (χ4v) is 3.44. The topological polar surface area (TPSA) is 39.8 Å². The lowest BCUT2D eigenvalue weighted by Crippen LogP contribution is -2.25. The predicted octanol–water partition coefficient (Wildman–Crippen LogP) is 4.36. The fourth-order valence-electron chi connectivity index (χ4n) is 3.44. The number of aryl methyl sites for hydroxylation is 1. The molecule has 142 valence electrons. The Kier molecular flexibility index (Phi) is 3.73. The highest BCUT2D eigenvalue weighted by Gasteiger charge is 2.39. The number of nitrogens with zero attached hydrogens (tertiary/aromatic N) is 3. The van der Waals surface area contributed by atoms with Crippen molar-refractivity contribution in [3.05, 3.63) is 52.5 Å². The molecule has 1 fully saturated rings. The Morgan fingerprint density at radius 2 is 1.89 bits per heavy atom. The minimum Gasteiger partial charge on any atom is -0.292 e. The number of alkyl halides is 3. The second-order valence-corrected chi connectivity index (χ2v) is 7.45. The van der Waals surface area contributed by atoms with Gasteiger partial charge in [-0.3, -0.25) is 14.1 Å². The zero-order chi connectivity index (χ0) is 19.6. The molecule has 0 saturated heterocycles. The summed E-state index contributed by atoms with van der Waals surface area (Å²) in [6.45, 7) is 2.51. The highest BCUT2D eigenvalue weighted by molar-refractivity contribution is 5.84. The van der Waals surface area contributed by atoms with E-state index in [1.807, 2.05) is 6.92 Å². The lowest BCUT2D eigenvalue weighted by Gasteiger charge is -2.14. The molecule has 1 aromatic carbocycles. The Morgan fingerprint density at radius 3 is 2.52 bits per heavy atom. The largest absolute Gasteiger partial charge is 0.417 e. The van der Waals surface area contributed by atoms with Crippen molar-refractivity contribution in [3.63, 3.8) is 0 Å². The maximum Gasteiger partial charge on any atom is 0.417 e. The van der Waals surface area contributed by atoms with E-state index in [1.54, 1.807) is 0 Å². The molecule has 2 aromatic heterocycles.